The third kappa shape index (κ3) is 4.78. The van der Waals surface area contributed by atoms with Gasteiger partial charge in [0.2, 0.25) is 0 Å². The molecule has 5 heteroatoms. The van der Waals surface area contributed by atoms with E-state index in [1.54, 1.807) is 14.2 Å². The van der Waals surface area contributed by atoms with Crippen molar-refractivity contribution < 1.29 is 0 Å². The molecule has 0 atom stereocenters. The molecule has 0 unspecified atom stereocenters. The van der Waals surface area contributed by atoms with Crippen LogP contribution in [0.2, 0.25) is 14.8 Å². The van der Waals surface area contributed by atoms with Crippen molar-refractivity contribution in [2.45, 2.75) is 67.2 Å². The Morgan fingerprint density at radius 1 is 0.955 bits per heavy atom. The van der Waals surface area contributed by atoms with Crippen molar-refractivity contribution in [2.24, 2.45) is 0 Å². The Kier molecular flexibility index (Phi) is 6.89. The monoisotopic (exact) mass is 444 g/mol. The molecule has 0 saturated carbocycles. The summed E-state index contributed by atoms with van der Waals surface area (Å²) in [5.74, 6) is 0. The van der Waals surface area contributed by atoms with Gasteiger partial charge in [-0.3, -0.25) is 0 Å². The Hall–Kier alpha value is 0.0587. The second kappa shape index (κ2) is 8.24. The van der Waals surface area contributed by atoms with E-state index in [-0.39, 0.29) is 0 Å². The van der Waals surface area contributed by atoms with E-state index < -0.39 is 18.4 Å². The predicted molar refractivity (Wildman–Crippen MR) is 103 cm³/mol. The molecule has 0 aliphatic heterocycles. The van der Waals surface area contributed by atoms with Crippen LogP contribution in [0.15, 0.2) is 5.38 Å². The van der Waals surface area contributed by atoms with Gasteiger partial charge in [0.25, 0.3) is 0 Å². The van der Waals surface area contributed by atoms with Gasteiger partial charge < -0.3 is 0 Å². The van der Waals surface area contributed by atoms with Crippen molar-refractivity contribution in [3.05, 3.63) is 16.8 Å². The molecule has 122 valence electrons. The zero-order valence-corrected chi connectivity index (χ0v) is 19.0. The zero-order chi connectivity index (χ0) is 16.2. The van der Waals surface area contributed by atoms with Gasteiger partial charge in [-0.05, 0) is 0 Å². The molecule has 0 saturated heterocycles. The van der Waals surface area contributed by atoms with Gasteiger partial charge in [0.05, 0.1) is 0 Å². The van der Waals surface area contributed by atoms with Gasteiger partial charge >= 0.3 is 148 Å². The van der Waals surface area contributed by atoms with Crippen molar-refractivity contribution in [1.82, 2.24) is 9.97 Å². The third-order valence-corrected chi connectivity index (χ3v) is 15.3. The summed E-state index contributed by atoms with van der Waals surface area (Å²) in [4.78, 5) is 17.3. The molecule has 0 N–H and O–H groups in total. The fourth-order valence-electron chi connectivity index (χ4n) is 2.42. The summed E-state index contributed by atoms with van der Waals surface area (Å²) in [6, 6.07) is 0. The van der Waals surface area contributed by atoms with Crippen molar-refractivity contribution in [3.63, 3.8) is 0 Å². The van der Waals surface area contributed by atoms with Crippen molar-refractivity contribution in [2.75, 3.05) is 0 Å². The Morgan fingerprint density at radius 2 is 1.64 bits per heavy atom. The quantitative estimate of drug-likeness (QED) is 0.504. The van der Waals surface area contributed by atoms with Gasteiger partial charge in [-0.2, -0.15) is 0 Å². The summed E-state index contributed by atoms with van der Waals surface area (Å²) >= 11 is 1.62. The van der Waals surface area contributed by atoms with Crippen LogP contribution in [-0.4, -0.2) is 28.3 Å². The molecule has 2 heterocycles. The zero-order valence-electron chi connectivity index (χ0n) is 14.5. The number of rotatable bonds is 8. The molecule has 22 heavy (non-hydrogen) atoms. The van der Waals surface area contributed by atoms with Crippen molar-refractivity contribution in [1.29, 1.82) is 0 Å². The van der Waals surface area contributed by atoms with Crippen LogP contribution in [0.5, 0.6) is 0 Å². The van der Waals surface area contributed by atoms with Gasteiger partial charge in [-0.15, -0.1) is 0 Å². The number of hydrogen-bond acceptors (Lipinski definition) is 4. The summed E-state index contributed by atoms with van der Waals surface area (Å²) < 4.78 is 1.64. The molecular formula is C17H28N2S2Sn. The standard InChI is InChI=1S/C14H19N2S2.3CH3.Sn/c1-3-5-7-11-9-17-13(15-11)14-16-12(10-18-14)8-6-4-2;;;;/h9H,3-8H2,1-2H3;3*1H3;. The fraction of sp³-hybridized carbons (Fsp3) is 0.647. The molecule has 0 amide bonds. The van der Waals surface area contributed by atoms with Crippen LogP contribution < -0.4 is 2.89 Å². The van der Waals surface area contributed by atoms with E-state index in [0.29, 0.717) is 0 Å². The molecule has 0 aromatic carbocycles. The second-order valence-electron chi connectivity index (χ2n) is 6.90. The molecule has 2 aromatic heterocycles. The van der Waals surface area contributed by atoms with Crippen LogP contribution >= 0.6 is 22.7 Å². The van der Waals surface area contributed by atoms with E-state index >= 15 is 0 Å². The Balaban J connectivity index is 2.27. The first kappa shape index (κ1) is 18.4. The SMILES string of the molecule is CCCCc1csc(-c2nc(CCCC)[c]([Sn]([CH3])([CH3])[CH3])s2)n1. The normalized spacial score (nSPS) is 12.0. The van der Waals surface area contributed by atoms with E-state index in [9.17, 15) is 0 Å². The number of thiazole rings is 2. The third-order valence-electron chi connectivity index (χ3n) is 3.67. The topological polar surface area (TPSA) is 25.8 Å². The molecule has 2 nitrogen and oxygen atoms in total. The van der Waals surface area contributed by atoms with Crippen LogP contribution in [0.25, 0.3) is 10.0 Å². The van der Waals surface area contributed by atoms with Crippen LogP contribution in [0, 0.1) is 0 Å². The van der Waals surface area contributed by atoms with Crippen LogP contribution in [0.1, 0.15) is 50.9 Å². The first-order valence-corrected chi connectivity index (χ1v) is 20.1. The van der Waals surface area contributed by atoms with E-state index in [0.717, 1.165) is 17.8 Å². The van der Waals surface area contributed by atoms with Crippen molar-refractivity contribution in [3.8, 4) is 10.0 Å². The molecule has 0 radical (unpaired) electrons. The van der Waals surface area contributed by atoms with Crippen molar-refractivity contribution >= 4 is 43.9 Å². The van der Waals surface area contributed by atoms with E-state index in [2.05, 4.69) is 34.0 Å². The first-order chi connectivity index (χ1) is 10.5. The molecule has 0 aliphatic carbocycles. The van der Waals surface area contributed by atoms with Gasteiger partial charge in [0, 0.05) is 0 Å². The summed E-state index contributed by atoms with van der Waals surface area (Å²) in [7, 11) is 0. The van der Waals surface area contributed by atoms with Gasteiger partial charge in [-0.1, -0.05) is 0 Å². The van der Waals surface area contributed by atoms with Gasteiger partial charge in [0.1, 0.15) is 0 Å². The average Bonchev–Trinajstić information content (AvgIpc) is 3.08. The minimum atomic E-state index is -2.08. The van der Waals surface area contributed by atoms with Crippen LogP contribution in [0.4, 0.5) is 0 Å². The maximum absolute atomic E-state index is 5.00. The molecule has 2 aromatic rings. The Labute approximate surface area is 147 Å². The Bertz CT molecular complexity index is 596. The number of aromatic nitrogens is 2. The maximum atomic E-state index is 5.00. The summed E-state index contributed by atoms with van der Waals surface area (Å²) in [5.41, 5.74) is 2.63. The molecule has 0 spiro atoms. The summed E-state index contributed by atoms with van der Waals surface area (Å²) in [5, 5.41) is 4.52. The second-order valence-corrected chi connectivity index (χ2v) is 24.1. The molecule has 0 aliphatic rings. The molecular weight excluding hydrogens is 415 g/mol. The predicted octanol–water partition coefficient (Wildman–Crippen LogP) is 5.50. The van der Waals surface area contributed by atoms with E-state index in [1.807, 2.05) is 11.3 Å². The fourth-order valence-corrected chi connectivity index (χ4v) is 10.9. The van der Waals surface area contributed by atoms with E-state index in [4.69, 9.17) is 9.97 Å². The molecule has 2 rings (SSSR count). The minimum absolute atomic E-state index is 1.10. The van der Waals surface area contributed by atoms with Crippen LogP contribution in [-0.2, 0) is 12.8 Å². The summed E-state index contributed by atoms with van der Waals surface area (Å²) in [6.07, 6.45) is 7.19. The summed E-state index contributed by atoms with van der Waals surface area (Å²) in [6.45, 7) is 4.49. The number of nitrogens with zero attached hydrogens (tertiary/aromatic N) is 2. The Morgan fingerprint density at radius 3 is 2.27 bits per heavy atom. The number of hydrogen-bond donors (Lipinski definition) is 0. The number of aryl methyl sites for hydroxylation is 2. The first-order valence-electron chi connectivity index (χ1n) is 8.40. The van der Waals surface area contributed by atoms with Gasteiger partial charge in [0.15, 0.2) is 0 Å². The van der Waals surface area contributed by atoms with Gasteiger partial charge in [-0.25, -0.2) is 0 Å². The number of unbranched alkanes of at least 4 members (excludes halogenated alkanes) is 2. The van der Waals surface area contributed by atoms with E-state index in [1.165, 1.54) is 42.1 Å². The molecule has 0 fully saturated rings. The molecule has 0 bridgehead atoms. The van der Waals surface area contributed by atoms with Crippen LogP contribution in [0.3, 0.4) is 0 Å². The average molecular weight is 443 g/mol.